The van der Waals surface area contributed by atoms with Crippen molar-refractivity contribution >= 4 is 24.0 Å². The molecule has 0 bridgehead atoms. The Balaban J connectivity index is 0.000000183. The number of rotatable bonds is 2. The first-order valence-corrected chi connectivity index (χ1v) is 4.75. The quantitative estimate of drug-likeness (QED) is 0.612. The summed E-state index contributed by atoms with van der Waals surface area (Å²) in [5, 5.41) is 20.5. The summed E-state index contributed by atoms with van der Waals surface area (Å²) in [7, 11) is 0. The molecule has 0 amide bonds. The van der Waals surface area contributed by atoms with Crippen LogP contribution in [0.25, 0.3) is 0 Å². The maximum absolute atomic E-state index is 8.34. The van der Waals surface area contributed by atoms with Crippen LogP contribution in [-0.4, -0.2) is 28.7 Å². The molecule has 2 nitrogen and oxygen atoms in total. The van der Waals surface area contributed by atoms with Crippen LogP contribution in [0.4, 0.5) is 0 Å². The topological polar surface area (TPSA) is 40.5 Å². The summed E-state index contributed by atoms with van der Waals surface area (Å²) in [6.45, 7) is -0.191. The third-order valence-electron chi connectivity index (χ3n) is 0.847. The van der Waals surface area contributed by atoms with Gasteiger partial charge in [-0.05, 0) is 10.8 Å². The zero-order valence-electron chi connectivity index (χ0n) is 6.05. The van der Waals surface area contributed by atoms with E-state index in [1.165, 1.54) is 0 Å². The van der Waals surface area contributed by atoms with Crippen molar-refractivity contribution in [3.8, 4) is 0 Å². The molecule has 1 rings (SSSR count). The normalized spacial score (nSPS) is 11.5. The zero-order valence-corrected chi connectivity index (χ0v) is 7.76. The predicted octanol–water partition coefficient (Wildman–Crippen LogP) is 1.02. The molecule has 0 fully saturated rings. The van der Waals surface area contributed by atoms with Crippen LogP contribution in [0.1, 0.15) is 0 Å². The van der Waals surface area contributed by atoms with Crippen molar-refractivity contribution in [2.75, 3.05) is 12.4 Å². The first kappa shape index (κ1) is 11.0. The number of thiol groups is 1. The SMILES string of the molecule is OCC(O)CS.c1ccsc1. The van der Waals surface area contributed by atoms with Crippen molar-refractivity contribution in [2.45, 2.75) is 6.10 Å². The van der Waals surface area contributed by atoms with Gasteiger partial charge in [0.15, 0.2) is 0 Å². The van der Waals surface area contributed by atoms with Gasteiger partial charge >= 0.3 is 0 Å². The molecule has 0 aromatic carbocycles. The van der Waals surface area contributed by atoms with E-state index in [0.29, 0.717) is 5.75 Å². The third-order valence-corrected chi connectivity index (χ3v) is 1.90. The Morgan fingerprint density at radius 2 is 1.91 bits per heavy atom. The summed E-state index contributed by atoms with van der Waals surface area (Å²) >= 11 is 5.40. The van der Waals surface area contributed by atoms with E-state index >= 15 is 0 Å². The monoisotopic (exact) mass is 192 g/mol. The molecule has 1 atom stereocenters. The van der Waals surface area contributed by atoms with Gasteiger partial charge in [-0.2, -0.15) is 24.0 Å². The van der Waals surface area contributed by atoms with Crippen LogP contribution in [0.3, 0.4) is 0 Å². The third kappa shape index (κ3) is 7.87. The Kier molecular flexibility index (Phi) is 8.05. The number of aliphatic hydroxyl groups excluding tert-OH is 2. The largest absolute Gasteiger partial charge is 0.394 e. The van der Waals surface area contributed by atoms with Gasteiger partial charge in [0.2, 0.25) is 0 Å². The van der Waals surface area contributed by atoms with Crippen LogP contribution < -0.4 is 0 Å². The lowest BCUT2D eigenvalue weighted by atomic mass is 10.4. The first-order valence-electron chi connectivity index (χ1n) is 3.18. The highest BCUT2D eigenvalue weighted by Gasteiger charge is 1.92. The molecule has 64 valence electrons. The van der Waals surface area contributed by atoms with Crippen molar-refractivity contribution in [3.63, 3.8) is 0 Å². The fourth-order valence-corrected chi connectivity index (χ4v) is 0.854. The van der Waals surface area contributed by atoms with E-state index < -0.39 is 6.10 Å². The molecule has 1 heterocycles. The Morgan fingerprint density at radius 1 is 1.36 bits per heavy atom. The lowest BCUT2D eigenvalue weighted by Crippen LogP contribution is -2.12. The molecule has 0 radical (unpaired) electrons. The summed E-state index contributed by atoms with van der Waals surface area (Å²) in [5.41, 5.74) is 0. The minimum absolute atomic E-state index is 0.191. The van der Waals surface area contributed by atoms with Crippen molar-refractivity contribution in [1.29, 1.82) is 0 Å². The Labute approximate surface area is 75.9 Å². The molecule has 0 saturated heterocycles. The van der Waals surface area contributed by atoms with Gasteiger partial charge in [-0.15, -0.1) is 0 Å². The van der Waals surface area contributed by atoms with Crippen LogP contribution >= 0.6 is 24.0 Å². The average molecular weight is 192 g/mol. The highest BCUT2D eigenvalue weighted by Crippen LogP contribution is 1.91. The molecule has 2 N–H and O–H groups in total. The molecular weight excluding hydrogens is 180 g/mol. The van der Waals surface area contributed by atoms with Crippen LogP contribution in [0.15, 0.2) is 22.9 Å². The Bertz CT molecular complexity index is 121. The molecule has 11 heavy (non-hydrogen) atoms. The van der Waals surface area contributed by atoms with E-state index in [9.17, 15) is 0 Å². The maximum atomic E-state index is 8.34. The summed E-state index contributed by atoms with van der Waals surface area (Å²) in [5.74, 6) is 0.330. The van der Waals surface area contributed by atoms with E-state index in [1.807, 2.05) is 22.9 Å². The van der Waals surface area contributed by atoms with E-state index in [0.717, 1.165) is 0 Å². The van der Waals surface area contributed by atoms with Gasteiger partial charge in [0, 0.05) is 5.75 Å². The van der Waals surface area contributed by atoms with Crippen LogP contribution in [0.2, 0.25) is 0 Å². The second-order valence-electron chi connectivity index (χ2n) is 1.81. The molecule has 0 spiro atoms. The average Bonchev–Trinajstić information content (AvgIpc) is 2.60. The molecule has 1 unspecified atom stereocenters. The minimum atomic E-state index is -0.645. The molecule has 0 saturated carbocycles. The second kappa shape index (κ2) is 8.07. The number of hydrogen-bond donors (Lipinski definition) is 3. The van der Waals surface area contributed by atoms with E-state index in [-0.39, 0.29) is 6.61 Å². The number of aliphatic hydroxyl groups is 2. The van der Waals surface area contributed by atoms with Crippen molar-refractivity contribution < 1.29 is 10.2 Å². The van der Waals surface area contributed by atoms with Crippen LogP contribution in [-0.2, 0) is 0 Å². The van der Waals surface area contributed by atoms with Gasteiger partial charge in [0.25, 0.3) is 0 Å². The number of thiophene rings is 1. The predicted molar refractivity (Wildman–Crippen MR) is 51.3 cm³/mol. The summed E-state index contributed by atoms with van der Waals surface area (Å²) < 4.78 is 0. The Hall–Kier alpha value is -0.0300. The van der Waals surface area contributed by atoms with Crippen molar-refractivity contribution in [1.82, 2.24) is 0 Å². The van der Waals surface area contributed by atoms with Gasteiger partial charge in [0.05, 0.1) is 12.7 Å². The smallest absolute Gasteiger partial charge is 0.0858 e. The summed E-state index contributed by atoms with van der Waals surface area (Å²) in [6.07, 6.45) is -0.645. The molecule has 1 aromatic heterocycles. The molecule has 0 aliphatic carbocycles. The van der Waals surface area contributed by atoms with E-state index in [1.54, 1.807) is 11.3 Å². The van der Waals surface area contributed by atoms with Gasteiger partial charge in [-0.1, -0.05) is 12.1 Å². The fraction of sp³-hybridized carbons (Fsp3) is 0.429. The molecule has 0 aliphatic rings. The first-order chi connectivity index (χ1) is 5.31. The molecular formula is C7H12O2S2. The van der Waals surface area contributed by atoms with Crippen molar-refractivity contribution in [2.24, 2.45) is 0 Å². The van der Waals surface area contributed by atoms with Gasteiger partial charge < -0.3 is 10.2 Å². The van der Waals surface area contributed by atoms with Crippen LogP contribution in [0, 0.1) is 0 Å². The molecule has 1 aromatic rings. The molecule has 0 aliphatic heterocycles. The van der Waals surface area contributed by atoms with Gasteiger partial charge in [0.1, 0.15) is 0 Å². The Morgan fingerprint density at radius 3 is 2.00 bits per heavy atom. The van der Waals surface area contributed by atoms with Crippen molar-refractivity contribution in [3.05, 3.63) is 22.9 Å². The number of hydrogen-bond acceptors (Lipinski definition) is 4. The second-order valence-corrected chi connectivity index (χ2v) is 2.99. The van der Waals surface area contributed by atoms with E-state index in [2.05, 4.69) is 12.6 Å². The lowest BCUT2D eigenvalue weighted by Gasteiger charge is -1.96. The fourth-order valence-electron chi connectivity index (χ4n) is 0.285. The highest BCUT2D eigenvalue weighted by atomic mass is 32.1. The lowest BCUT2D eigenvalue weighted by molar-refractivity contribution is 0.114. The minimum Gasteiger partial charge on any atom is -0.394 e. The highest BCUT2D eigenvalue weighted by molar-refractivity contribution is 7.80. The maximum Gasteiger partial charge on any atom is 0.0858 e. The molecule has 4 heteroatoms. The van der Waals surface area contributed by atoms with E-state index in [4.69, 9.17) is 10.2 Å². The summed E-state index contributed by atoms with van der Waals surface area (Å²) in [6, 6.07) is 4.04. The summed E-state index contributed by atoms with van der Waals surface area (Å²) in [4.78, 5) is 0. The van der Waals surface area contributed by atoms with Crippen LogP contribution in [0.5, 0.6) is 0 Å². The zero-order chi connectivity index (χ0) is 8.53. The van der Waals surface area contributed by atoms with Gasteiger partial charge in [-0.3, -0.25) is 0 Å². The standard InChI is InChI=1S/C4H4S.C3H8O2S/c1-2-4-5-3-1;4-1-3(5)2-6/h1-4H;3-6H,1-2H2. The van der Waals surface area contributed by atoms with Gasteiger partial charge in [-0.25, -0.2) is 0 Å².